The summed E-state index contributed by atoms with van der Waals surface area (Å²) < 4.78 is 6.93. The Bertz CT molecular complexity index is 634. The van der Waals surface area contributed by atoms with Crippen molar-refractivity contribution in [3.8, 4) is 11.3 Å². The average molecular weight is 365 g/mol. The summed E-state index contributed by atoms with van der Waals surface area (Å²) in [6.45, 7) is 2.50. The van der Waals surface area contributed by atoms with E-state index in [2.05, 4.69) is 15.9 Å². The fourth-order valence-corrected chi connectivity index (χ4v) is 2.44. The van der Waals surface area contributed by atoms with Crippen molar-refractivity contribution in [2.24, 2.45) is 0 Å². The Balaban J connectivity index is 2.06. The van der Waals surface area contributed by atoms with E-state index in [1.807, 2.05) is 55.3 Å². The third-order valence-electron chi connectivity index (χ3n) is 3.65. The van der Waals surface area contributed by atoms with Crippen molar-refractivity contribution in [2.45, 2.75) is 19.5 Å². The molecule has 0 unspecified atom stereocenters. The second-order valence-electron chi connectivity index (χ2n) is 5.60. The van der Waals surface area contributed by atoms with E-state index in [0.717, 1.165) is 21.6 Å². The van der Waals surface area contributed by atoms with Gasteiger partial charge in [0.2, 0.25) is 5.91 Å². The molecule has 0 N–H and O–H groups in total. The van der Waals surface area contributed by atoms with Gasteiger partial charge in [-0.3, -0.25) is 9.69 Å². The highest BCUT2D eigenvalue weighted by Gasteiger charge is 2.20. The number of benzene rings is 1. The van der Waals surface area contributed by atoms with Gasteiger partial charge in [-0.25, -0.2) is 0 Å². The van der Waals surface area contributed by atoms with Crippen LogP contribution in [0.3, 0.4) is 0 Å². The molecule has 0 saturated heterocycles. The molecule has 1 atom stereocenters. The summed E-state index contributed by atoms with van der Waals surface area (Å²) >= 11 is 3.42. The first-order valence-corrected chi connectivity index (χ1v) is 7.94. The zero-order valence-electron chi connectivity index (χ0n) is 13.3. The smallest absolute Gasteiger partial charge is 0.239 e. The highest BCUT2D eigenvalue weighted by atomic mass is 79.9. The molecule has 1 aromatic heterocycles. The summed E-state index contributed by atoms with van der Waals surface area (Å²) in [5, 5.41) is 0. The quantitative estimate of drug-likeness (QED) is 0.812. The van der Waals surface area contributed by atoms with E-state index in [4.69, 9.17) is 4.42 Å². The molecule has 0 saturated carbocycles. The van der Waals surface area contributed by atoms with Crippen LogP contribution in [-0.2, 0) is 11.3 Å². The van der Waals surface area contributed by atoms with E-state index in [1.54, 1.807) is 19.0 Å². The largest absolute Gasteiger partial charge is 0.460 e. The van der Waals surface area contributed by atoms with Gasteiger partial charge in [0.1, 0.15) is 11.5 Å². The molecule has 0 bridgehead atoms. The number of halogens is 1. The molecule has 0 spiro atoms. The number of carbonyl (C=O) groups excluding carboxylic acids is 1. The Hall–Kier alpha value is -1.59. The van der Waals surface area contributed by atoms with E-state index < -0.39 is 0 Å². The molecule has 1 heterocycles. The Morgan fingerprint density at radius 1 is 1.14 bits per heavy atom. The number of furan rings is 1. The van der Waals surface area contributed by atoms with Crippen LogP contribution in [0.5, 0.6) is 0 Å². The number of hydrogen-bond donors (Lipinski definition) is 0. The number of carbonyl (C=O) groups is 1. The third kappa shape index (κ3) is 3.99. The van der Waals surface area contributed by atoms with Gasteiger partial charge in [0.15, 0.2) is 0 Å². The molecule has 22 heavy (non-hydrogen) atoms. The molecule has 2 rings (SSSR count). The second kappa shape index (κ2) is 7.11. The maximum atomic E-state index is 12.0. The minimum Gasteiger partial charge on any atom is -0.460 e. The molecule has 118 valence electrons. The number of amides is 1. The predicted octanol–water partition coefficient (Wildman–Crippen LogP) is 3.62. The van der Waals surface area contributed by atoms with Gasteiger partial charge in [0.25, 0.3) is 0 Å². The van der Waals surface area contributed by atoms with Crippen LogP contribution in [0, 0.1) is 0 Å². The Morgan fingerprint density at radius 3 is 2.36 bits per heavy atom. The minimum absolute atomic E-state index is 0.0854. The summed E-state index contributed by atoms with van der Waals surface area (Å²) in [6, 6.07) is 11.7. The molecule has 0 aliphatic carbocycles. The van der Waals surface area contributed by atoms with Crippen LogP contribution in [0.15, 0.2) is 45.3 Å². The predicted molar refractivity (Wildman–Crippen MR) is 91.5 cm³/mol. The Kier molecular flexibility index (Phi) is 5.42. The van der Waals surface area contributed by atoms with Crippen molar-refractivity contribution in [3.05, 3.63) is 46.6 Å². The molecular weight excluding hydrogens is 344 g/mol. The van der Waals surface area contributed by atoms with E-state index in [9.17, 15) is 4.79 Å². The van der Waals surface area contributed by atoms with E-state index >= 15 is 0 Å². The van der Waals surface area contributed by atoms with Gasteiger partial charge in [-0.1, -0.05) is 28.1 Å². The minimum atomic E-state index is -0.184. The van der Waals surface area contributed by atoms with E-state index in [-0.39, 0.29) is 11.9 Å². The third-order valence-corrected chi connectivity index (χ3v) is 4.18. The number of hydrogen-bond acceptors (Lipinski definition) is 3. The normalized spacial score (nSPS) is 12.5. The van der Waals surface area contributed by atoms with Gasteiger partial charge >= 0.3 is 0 Å². The summed E-state index contributed by atoms with van der Waals surface area (Å²) in [6.07, 6.45) is 0. The van der Waals surface area contributed by atoms with Crippen molar-refractivity contribution >= 4 is 21.8 Å². The van der Waals surface area contributed by atoms with Gasteiger partial charge in [0, 0.05) is 24.1 Å². The first-order valence-electron chi connectivity index (χ1n) is 7.14. The molecule has 0 radical (unpaired) electrons. The molecule has 0 fully saturated rings. The van der Waals surface area contributed by atoms with E-state index in [0.29, 0.717) is 6.54 Å². The average Bonchev–Trinajstić information content (AvgIpc) is 2.94. The topological polar surface area (TPSA) is 36.7 Å². The number of likely N-dealkylation sites (N-methyl/N-ethyl adjacent to an activating group) is 2. The van der Waals surface area contributed by atoms with Crippen molar-refractivity contribution in [1.82, 2.24) is 9.80 Å². The zero-order chi connectivity index (χ0) is 16.3. The van der Waals surface area contributed by atoms with Crippen LogP contribution in [-0.4, -0.2) is 42.9 Å². The Morgan fingerprint density at radius 2 is 1.77 bits per heavy atom. The lowest BCUT2D eigenvalue weighted by molar-refractivity contribution is -0.133. The van der Waals surface area contributed by atoms with Gasteiger partial charge in [0.05, 0.1) is 12.6 Å². The number of nitrogens with zero attached hydrogens (tertiary/aromatic N) is 2. The lowest BCUT2D eigenvalue weighted by atomic mass is 10.2. The first-order chi connectivity index (χ1) is 10.4. The Labute approximate surface area is 139 Å². The van der Waals surface area contributed by atoms with Crippen LogP contribution in [0.25, 0.3) is 11.3 Å². The standard InChI is InChI=1S/C17H21BrN2O2/c1-12(17(21)19(2)3)20(4)11-15-9-10-16(22-15)13-5-7-14(18)8-6-13/h5-10,12H,11H2,1-4H3/t12-/m1/s1. The second-order valence-corrected chi connectivity index (χ2v) is 6.51. The van der Waals surface area contributed by atoms with Gasteiger partial charge in [-0.15, -0.1) is 0 Å². The van der Waals surface area contributed by atoms with Crippen LogP contribution in [0.4, 0.5) is 0 Å². The van der Waals surface area contributed by atoms with Gasteiger partial charge < -0.3 is 9.32 Å². The van der Waals surface area contributed by atoms with Crippen LogP contribution in [0.2, 0.25) is 0 Å². The highest BCUT2D eigenvalue weighted by Crippen LogP contribution is 2.24. The summed E-state index contributed by atoms with van der Waals surface area (Å²) in [4.78, 5) is 15.6. The maximum Gasteiger partial charge on any atom is 0.239 e. The van der Waals surface area contributed by atoms with Crippen LogP contribution in [0.1, 0.15) is 12.7 Å². The molecule has 0 aliphatic rings. The lowest BCUT2D eigenvalue weighted by Gasteiger charge is -2.25. The highest BCUT2D eigenvalue weighted by molar-refractivity contribution is 9.10. The SMILES string of the molecule is C[C@H](C(=O)N(C)C)N(C)Cc1ccc(-c2ccc(Br)cc2)o1. The zero-order valence-corrected chi connectivity index (χ0v) is 14.9. The van der Waals surface area contributed by atoms with Crippen molar-refractivity contribution in [1.29, 1.82) is 0 Å². The fraction of sp³-hybridized carbons (Fsp3) is 0.353. The number of rotatable bonds is 5. The van der Waals surface area contributed by atoms with Crippen molar-refractivity contribution in [2.75, 3.05) is 21.1 Å². The van der Waals surface area contributed by atoms with E-state index in [1.165, 1.54) is 0 Å². The maximum absolute atomic E-state index is 12.0. The van der Waals surface area contributed by atoms with Gasteiger partial charge in [-0.2, -0.15) is 0 Å². The van der Waals surface area contributed by atoms with Crippen LogP contribution >= 0.6 is 15.9 Å². The molecular formula is C17H21BrN2O2. The summed E-state index contributed by atoms with van der Waals surface area (Å²) in [5.74, 6) is 1.77. The summed E-state index contributed by atoms with van der Waals surface area (Å²) in [5.41, 5.74) is 1.04. The summed E-state index contributed by atoms with van der Waals surface area (Å²) in [7, 11) is 5.46. The molecule has 1 aromatic carbocycles. The van der Waals surface area contributed by atoms with Crippen LogP contribution < -0.4 is 0 Å². The molecule has 2 aromatic rings. The van der Waals surface area contributed by atoms with Gasteiger partial charge in [-0.05, 0) is 38.2 Å². The molecule has 4 nitrogen and oxygen atoms in total. The lowest BCUT2D eigenvalue weighted by Crippen LogP contribution is -2.42. The molecule has 1 amide bonds. The monoisotopic (exact) mass is 364 g/mol. The fourth-order valence-electron chi connectivity index (χ4n) is 2.18. The van der Waals surface area contributed by atoms with Crippen molar-refractivity contribution in [3.63, 3.8) is 0 Å². The molecule has 0 aliphatic heterocycles. The molecule has 5 heteroatoms. The first kappa shape index (κ1) is 16.8. The van der Waals surface area contributed by atoms with Crippen molar-refractivity contribution < 1.29 is 9.21 Å².